The van der Waals surface area contributed by atoms with Gasteiger partial charge in [0.2, 0.25) is 0 Å². The van der Waals surface area contributed by atoms with Gasteiger partial charge in [0, 0.05) is 33.9 Å². The van der Waals surface area contributed by atoms with Crippen molar-refractivity contribution >= 4 is 60.5 Å². The van der Waals surface area contributed by atoms with E-state index in [4.69, 9.17) is 4.42 Å². The molecule has 46 heavy (non-hydrogen) atoms. The zero-order valence-electron chi connectivity index (χ0n) is 25.1. The lowest BCUT2D eigenvalue weighted by atomic mass is 9.96. The van der Waals surface area contributed by atoms with Gasteiger partial charge in [-0.15, -0.1) is 0 Å². The van der Waals surface area contributed by atoms with Gasteiger partial charge in [0.15, 0.2) is 0 Å². The van der Waals surface area contributed by atoms with Crippen molar-refractivity contribution in [2.45, 2.75) is 0 Å². The Labute approximate surface area is 267 Å². The van der Waals surface area contributed by atoms with E-state index in [0.29, 0.717) is 0 Å². The number of nitrogens with zero attached hydrogens (tertiary/aromatic N) is 1. The molecule has 8 aromatic carbocycles. The van der Waals surface area contributed by atoms with E-state index < -0.39 is 0 Å². The summed E-state index contributed by atoms with van der Waals surface area (Å²) in [5.41, 5.74) is 9.82. The van der Waals surface area contributed by atoms with Crippen molar-refractivity contribution in [3.63, 3.8) is 0 Å². The van der Waals surface area contributed by atoms with Gasteiger partial charge in [-0.25, -0.2) is 0 Å². The van der Waals surface area contributed by atoms with E-state index in [1.54, 1.807) is 0 Å². The van der Waals surface area contributed by atoms with Gasteiger partial charge in [-0.2, -0.15) is 0 Å². The van der Waals surface area contributed by atoms with E-state index in [-0.39, 0.29) is 0 Å². The molecule has 0 atom stereocenters. The van der Waals surface area contributed by atoms with Gasteiger partial charge in [-0.3, -0.25) is 0 Å². The van der Waals surface area contributed by atoms with Crippen LogP contribution in [0.2, 0.25) is 0 Å². The van der Waals surface area contributed by atoms with Crippen LogP contribution < -0.4 is 4.90 Å². The fourth-order valence-corrected chi connectivity index (χ4v) is 6.68. The lowest BCUT2D eigenvalue weighted by Gasteiger charge is -2.26. The molecule has 0 unspecified atom stereocenters. The fourth-order valence-electron chi connectivity index (χ4n) is 6.68. The molecule has 0 aliphatic rings. The number of furan rings is 1. The number of para-hydroxylation sites is 2. The normalized spacial score (nSPS) is 11.5. The Morgan fingerprint density at radius 3 is 1.65 bits per heavy atom. The Bertz CT molecular complexity index is 2540. The highest BCUT2D eigenvalue weighted by Gasteiger charge is 2.16. The number of benzene rings is 8. The zero-order valence-corrected chi connectivity index (χ0v) is 25.1. The molecular formula is C44H29NO. The molecule has 0 bridgehead atoms. The number of anilines is 3. The third kappa shape index (κ3) is 4.60. The Morgan fingerprint density at radius 2 is 0.870 bits per heavy atom. The molecule has 0 saturated carbocycles. The lowest BCUT2D eigenvalue weighted by molar-refractivity contribution is 0.669. The monoisotopic (exact) mass is 587 g/mol. The predicted molar refractivity (Wildman–Crippen MR) is 194 cm³/mol. The molecule has 9 aromatic rings. The Morgan fingerprint density at radius 1 is 0.304 bits per heavy atom. The maximum atomic E-state index is 6.28. The zero-order chi connectivity index (χ0) is 30.5. The molecule has 0 aliphatic heterocycles. The van der Waals surface area contributed by atoms with E-state index in [1.807, 2.05) is 12.1 Å². The average molecular weight is 588 g/mol. The topological polar surface area (TPSA) is 16.4 Å². The Balaban J connectivity index is 1.13. The van der Waals surface area contributed by atoms with Gasteiger partial charge in [0.25, 0.3) is 0 Å². The Hall–Kier alpha value is -6.12. The van der Waals surface area contributed by atoms with Crippen LogP contribution in [0.1, 0.15) is 0 Å². The summed E-state index contributed by atoms with van der Waals surface area (Å²) < 4.78 is 6.28. The first-order valence-corrected chi connectivity index (χ1v) is 15.7. The van der Waals surface area contributed by atoms with Crippen LogP contribution >= 0.6 is 0 Å². The molecule has 0 amide bonds. The van der Waals surface area contributed by atoms with E-state index in [9.17, 15) is 0 Å². The van der Waals surface area contributed by atoms with Gasteiger partial charge in [0.1, 0.15) is 11.2 Å². The first kappa shape index (κ1) is 26.3. The summed E-state index contributed by atoms with van der Waals surface area (Å²) in [6.45, 7) is 0. The second-order valence-corrected chi connectivity index (χ2v) is 11.8. The van der Waals surface area contributed by atoms with Crippen LogP contribution in [0.25, 0.3) is 65.7 Å². The smallest absolute Gasteiger partial charge is 0.137 e. The van der Waals surface area contributed by atoms with Crippen LogP contribution in [0.5, 0.6) is 0 Å². The van der Waals surface area contributed by atoms with Crippen molar-refractivity contribution in [1.82, 2.24) is 0 Å². The molecule has 216 valence electrons. The van der Waals surface area contributed by atoms with Gasteiger partial charge < -0.3 is 9.32 Å². The molecule has 9 rings (SSSR count). The van der Waals surface area contributed by atoms with E-state index >= 15 is 0 Å². The largest absolute Gasteiger partial charge is 0.456 e. The SMILES string of the molecule is c1ccc(N(c2cccc(-c3ccc4ccc(-c5ccc6ccccc6c5)cc4c3)c2)c2ccc3c(c2)oc2ccccc23)cc1. The molecular weight excluding hydrogens is 558 g/mol. The van der Waals surface area contributed by atoms with Crippen LogP contribution in [-0.4, -0.2) is 0 Å². The minimum atomic E-state index is 0.882. The third-order valence-corrected chi connectivity index (χ3v) is 9.00. The van der Waals surface area contributed by atoms with Gasteiger partial charge >= 0.3 is 0 Å². The van der Waals surface area contributed by atoms with Crippen LogP contribution in [0.4, 0.5) is 17.1 Å². The highest BCUT2D eigenvalue weighted by Crippen LogP contribution is 2.40. The highest BCUT2D eigenvalue weighted by atomic mass is 16.3. The molecule has 0 saturated heterocycles. The van der Waals surface area contributed by atoms with Crippen molar-refractivity contribution < 1.29 is 4.42 Å². The van der Waals surface area contributed by atoms with Crippen LogP contribution in [0.3, 0.4) is 0 Å². The van der Waals surface area contributed by atoms with E-state index in [0.717, 1.165) is 39.0 Å². The first-order chi connectivity index (χ1) is 22.8. The summed E-state index contributed by atoms with van der Waals surface area (Å²) >= 11 is 0. The number of rotatable bonds is 5. The van der Waals surface area contributed by atoms with Crippen molar-refractivity contribution in [3.05, 3.63) is 176 Å². The molecule has 1 heterocycles. The number of hydrogen-bond donors (Lipinski definition) is 0. The predicted octanol–water partition coefficient (Wildman–Crippen LogP) is 12.7. The summed E-state index contributed by atoms with van der Waals surface area (Å²) in [7, 11) is 0. The molecule has 2 nitrogen and oxygen atoms in total. The van der Waals surface area contributed by atoms with Crippen molar-refractivity contribution in [2.75, 3.05) is 4.90 Å². The van der Waals surface area contributed by atoms with Crippen molar-refractivity contribution in [3.8, 4) is 22.3 Å². The quantitative estimate of drug-likeness (QED) is 0.199. The van der Waals surface area contributed by atoms with Crippen LogP contribution in [0, 0.1) is 0 Å². The molecule has 0 aliphatic carbocycles. The number of hydrogen-bond acceptors (Lipinski definition) is 2. The average Bonchev–Trinajstić information content (AvgIpc) is 3.50. The maximum absolute atomic E-state index is 6.28. The van der Waals surface area contributed by atoms with Gasteiger partial charge in [-0.1, -0.05) is 109 Å². The molecule has 2 heteroatoms. The molecule has 0 fully saturated rings. The highest BCUT2D eigenvalue weighted by molar-refractivity contribution is 6.06. The van der Waals surface area contributed by atoms with E-state index in [2.05, 4.69) is 169 Å². The van der Waals surface area contributed by atoms with Gasteiger partial charge in [-0.05, 0) is 104 Å². The summed E-state index contributed by atoms with van der Waals surface area (Å²) in [6, 6.07) is 62.9. The van der Waals surface area contributed by atoms with Gasteiger partial charge in [0.05, 0.1) is 0 Å². The van der Waals surface area contributed by atoms with Crippen molar-refractivity contribution in [2.24, 2.45) is 0 Å². The summed E-state index contributed by atoms with van der Waals surface area (Å²) in [4.78, 5) is 2.30. The summed E-state index contributed by atoms with van der Waals surface area (Å²) in [5.74, 6) is 0. The summed E-state index contributed by atoms with van der Waals surface area (Å²) in [6.07, 6.45) is 0. The lowest BCUT2D eigenvalue weighted by Crippen LogP contribution is -2.09. The minimum absolute atomic E-state index is 0.882. The molecule has 0 spiro atoms. The van der Waals surface area contributed by atoms with Crippen molar-refractivity contribution in [1.29, 1.82) is 0 Å². The molecule has 0 radical (unpaired) electrons. The molecule has 1 aromatic heterocycles. The summed E-state index contributed by atoms with van der Waals surface area (Å²) in [5, 5.41) is 7.24. The molecule has 0 N–H and O–H groups in total. The standard InChI is InChI=1S/C44H29NO/c1-2-12-38(13-3-1)45(40-23-24-42-41-15-6-7-16-43(41)46-44(42)29-40)39-14-8-11-33(28-39)35-21-18-31-19-22-36(27-37(31)26-35)34-20-17-30-9-4-5-10-32(30)25-34/h1-29H. The van der Waals surface area contributed by atoms with E-state index in [1.165, 1.54) is 43.8 Å². The Kier molecular flexibility index (Phi) is 6.17. The first-order valence-electron chi connectivity index (χ1n) is 15.7. The second-order valence-electron chi connectivity index (χ2n) is 11.8. The van der Waals surface area contributed by atoms with Crippen LogP contribution in [-0.2, 0) is 0 Å². The fraction of sp³-hybridized carbons (Fsp3) is 0. The third-order valence-electron chi connectivity index (χ3n) is 9.00. The second kappa shape index (κ2) is 10.8. The number of fused-ring (bicyclic) bond motifs is 5. The minimum Gasteiger partial charge on any atom is -0.456 e. The maximum Gasteiger partial charge on any atom is 0.137 e. The van der Waals surface area contributed by atoms with Crippen LogP contribution in [0.15, 0.2) is 180 Å².